The van der Waals surface area contributed by atoms with Gasteiger partial charge in [0.05, 0.1) is 36.6 Å². The number of aliphatic imine (C=N–C) groups is 1. The van der Waals surface area contributed by atoms with E-state index in [0.717, 1.165) is 52.3 Å². The van der Waals surface area contributed by atoms with E-state index in [1.165, 1.54) is 14.0 Å². The molecule has 2 aromatic rings. The van der Waals surface area contributed by atoms with Gasteiger partial charge in [0, 0.05) is 28.8 Å². The molecule has 0 aliphatic carbocycles. The number of anilines is 1. The maximum atomic E-state index is 12.5. The number of hydrogen-bond acceptors (Lipinski definition) is 7. The van der Waals surface area contributed by atoms with E-state index in [2.05, 4.69) is 39.1 Å². The highest BCUT2D eigenvalue weighted by Crippen LogP contribution is 2.48. The average molecular weight is 493 g/mol. The Kier molecular flexibility index (Phi) is 6.62. The Morgan fingerprint density at radius 1 is 1.17 bits per heavy atom. The molecule has 36 heavy (non-hydrogen) atoms. The lowest BCUT2D eigenvalue weighted by Gasteiger charge is -2.31. The van der Waals surface area contributed by atoms with Gasteiger partial charge >= 0.3 is 5.97 Å². The second-order valence-electron chi connectivity index (χ2n) is 10.9. The SMILES string of the molecule is CCOc1cc2c(c3c1OC(C)(C)C3)C(c1ccc(C(=O)OC)c(NC(C)C(C)=O)c1)=NC(C)(C)C2. The number of rotatable bonds is 7. The third-order valence-corrected chi connectivity index (χ3v) is 6.66. The summed E-state index contributed by atoms with van der Waals surface area (Å²) in [5.41, 5.74) is 5.23. The molecule has 0 aromatic heterocycles. The maximum absolute atomic E-state index is 12.5. The molecule has 0 radical (unpaired) electrons. The summed E-state index contributed by atoms with van der Waals surface area (Å²) in [5, 5.41) is 3.19. The molecule has 0 fully saturated rings. The minimum atomic E-state index is -0.469. The Morgan fingerprint density at radius 3 is 2.53 bits per heavy atom. The predicted molar refractivity (Wildman–Crippen MR) is 141 cm³/mol. The Morgan fingerprint density at radius 2 is 1.89 bits per heavy atom. The molecule has 7 nitrogen and oxygen atoms in total. The fourth-order valence-corrected chi connectivity index (χ4v) is 4.97. The number of carbonyl (C=O) groups excluding carboxylic acids is 2. The number of ketones is 1. The van der Waals surface area contributed by atoms with Crippen LogP contribution in [0.5, 0.6) is 11.5 Å². The number of carbonyl (C=O) groups is 2. The summed E-state index contributed by atoms with van der Waals surface area (Å²) in [4.78, 5) is 29.7. The van der Waals surface area contributed by atoms with Gasteiger partial charge in [-0.2, -0.15) is 0 Å². The zero-order chi connectivity index (χ0) is 26.4. The van der Waals surface area contributed by atoms with Gasteiger partial charge in [0.25, 0.3) is 0 Å². The Balaban J connectivity index is 1.92. The van der Waals surface area contributed by atoms with Crippen LogP contribution in [0.25, 0.3) is 0 Å². The first kappa shape index (κ1) is 25.7. The highest BCUT2D eigenvalue weighted by molar-refractivity contribution is 6.17. The second kappa shape index (κ2) is 9.26. The number of fused-ring (bicyclic) bond motifs is 3. The highest BCUT2D eigenvalue weighted by atomic mass is 16.5. The molecule has 0 saturated heterocycles. The third kappa shape index (κ3) is 4.84. The zero-order valence-corrected chi connectivity index (χ0v) is 22.5. The van der Waals surface area contributed by atoms with E-state index < -0.39 is 12.0 Å². The van der Waals surface area contributed by atoms with Gasteiger partial charge in [-0.1, -0.05) is 6.07 Å². The normalized spacial score (nSPS) is 17.7. The highest BCUT2D eigenvalue weighted by Gasteiger charge is 2.40. The molecule has 192 valence electrons. The van der Waals surface area contributed by atoms with E-state index in [1.807, 2.05) is 19.1 Å². The lowest BCUT2D eigenvalue weighted by Crippen LogP contribution is -2.31. The molecular weight excluding hydrogens is 456 g/mol. The molecule has 0 bridgehead atoms. The van der Waals surface area contributed by atoms with Crippen molar-refractivity contribution >= 4 is 23.2 Å². The van der Waals surface area contributed by atoms with Gasteiger partial charge in [-0.05, 0) is 78.6 Å². The minimum Gasteiger partial charge on any atom is -0.490 e. The van der Waals surface area contributed by atoms with E-state index in [9.17, 15) is 9.59 Å². The number of methoxy groups -OCH3 is 1. The molecule has 4 rings (SSSR count). The van der Waals surface area contributed by atoms with Gasteiger partial charge in [-0.3, -0.25) is 9.79 Å². The molecule has 1 atom stereocenters. The number of nitrogens with one attached hydrogen (secondary N) is 1. The molecule has 0 saturated carbocycles. The number of ether oxygens (including phenoxy) is 3. The van der Waals surface area contributed by atoms with Crippen LogP contribution in [0.3, 0.4) is 0 Å². The predicted octanol–water partition coefficient (Wildman–Crippen LogP) is 5.15. The van der Waals surface area contributed by atoms with Crippen LogP contribution in [0.15, 0.2) is 29.3 Å². The Hall–Kier alpha value is -3.35. The lowest BCUT2D eigenvalue weighted by molar-refractivity contribution is -0.117. The van der Waals surface area contributed by atoms with Crippen molar-refractivity contribution in [2.75, 3.05) is 19.0 Å². The minimum absolute atomic E-state index is 0.0293. The largest absolute Gasteiger partial charge is 0.490 e. The van der Waals surface area contributed by atoms with E-state index in [-0.39, 0.29) is 16.9 Å². The van der Waals surface area contributed by atoms with Gasteiger partial charge in [0.2, 0.25) is 0 Å². The first-order valence-electron chi connectivity index (χ1n) is 12.5. The Labute approximate surface area is 213 Å². The van der Waals surface area contributed by atoms with Gasteiger partial charge in [-0.25, -0.2) is 4.79 Å². The van der Waals surface area contributed by atoms with Crippen LogP contribution in [-0.2, 0) is 22.4 Å². The fourth-order valence-electron chi connectivity index (χ4n) is 4.97. The smallest absolute Gasteiger partial charge is 0.339 e. The lowest BCUT2D eigenvalue weighted by atomic mass is 9.80. The molecule has 2 heterocycles. The van der Waals surface area contributed by atoms with Crippen LogP contribution >= 0.6 is 0 Å². The molecule has 0 spiro atoms. The van der Waals surface area contributed by atoms with E-state index in [4.69, 9.17) is 19.2 Å². The summed E-state index contributed by atoms with van der Waals surface area (Å²) >= 11 is 0. The van der Waals surface area contributed by atoms with Crippen LogP contribution in [-0.4, -0.2) is 48.4 Å². The number of Topliss-reactive ketones (excluding diaryl/α,β-unsaturated/α-hetero) is 1. The molecular formula is C29H36N2O5. The number of hydrogen-bond donors (Lipinski definition) is 1. The summed E-state index contributed by atoms with van der Waals surface area (Å²) in [6.45, 7) is 14.2. The molecule has 2 aliphatic rings. The van der Waals surface area contributed by atoms with Crippen LogP contribution in [0.2, 0.25) is 0 Å². The standard InChI is InChI=1S/C29H36N2O5/c1-9-35-23-13-19-14-28(4,5)31-25(24(19)21-15-29(6,7)36-26(21)23)18-10-11-20(27(33)34-8)22(12-18)30-16(2)17(3)32/h10-13,16,30H,9,14-15H2,1-8H3. The summed E-state index contributed by atoms with van der Waals surface area (Å²) in [5.74, 6) is 1.05. The summed E-state index contributed by atoms with van der Waals surface area (Å²) in [6, 6.07) is 7.14. The van der Waals surface area contributed by atoms with Crippen LogP contribution in [0, 0.1) is 0 Å². The molecule has 2 aliphatic heterocycles. The van der Waals surface area contributed by atoms with Gasteiger partial charge in [0.1, 0.15) is 5.60 Å². The van der Waals surface area contributed by atoms with Crippen LogP contribution in [0.1, 0.15) is 81.1 Å². The van der Waals surface area contributed by atoms with Crippen molar-refractivity contribution in [1.82, 2.24) is 0 Å². The van der Waals surface area contributed by atoms with Crippen molar-refractivity contribution in [1.29, 1.82) is 0 Å². The van der Waals surface area contributed by atoms with Gasteiger partial charge in [-0.15, -0.1) is 0 Å². The van der Waals surface area contributed by atoms with Crippen molar-refractivity contribution in [2.45, 2.75) is 78.5 Å². The number of nitrogens with zero attached hydrogens (tertiary/aromatic N) is 1. The second-order valence-corrected chi connectivity index (χ2v) is 10.9. The first-order chi connectivity index (χ1) is 16.9. The quantitative estimate of drug-likeness (QED) is 0.538. The monoisotopic (exact) mass is 492 g/mol. The summed E-state index contributed by atoms with van der Waals surface area (Å²) < 4.78 is 17.3. The van der Waals surface area contributed by atoms with Gasteiger partial charge in [0.15, 0.2) is 17.3 Å². The van der Waals surface area contributed by atoms with E-state index in [0.29, 0.717) is 17.9 Å². The molecule has 1 N–H and O–H groups in total. The van der Waals surface area contributed by atoms with Crippen LogP contribution < -0.4 is 14.8 Å². The third-order valence-electron chi connectivity index (χ3n) is 6.66. The van der Waals surface area contributed by atoms with Crippen molar-refractivity contribution in [2.24, 2.45) is 4.99 Å². The zero-order valence-electron chi connectivity index (χ0n) is 22.5. The van der Waals surface area contributed by atoms with Crippen molar-refractivity contribution in [3.63, 3.8) is 0 Å². The summed E-state index contributed by atoms with van der Waals surface area (Å²) in [6.07, 6.45) is 1.50. The molecule has 1 unspecified atom stereocenters. The number of esters is 1. The van der Waals surface area contributed by atoms with E-state index >= 15 is 0 Å². The maximum Gasteiger partial charge on any atom is 0.339 e. The van der Waals surface area contributed by atoms with Crippen molar-refractivity contribution in [3.05, 3.63) is 52.1 Å². The van der Waals surface area contributed by atoms with Crippen molar-refractivity contribution in [3.8, 4) is 11.5 Å². The molecule has 0 amide bonds. The van der Waals surface area contributed by atoms with Gasteiger partial charge < -0.3 is 19.5 Å². The number of benzene rings is 2. The van der Waals surface area contributed by atoms with Crippen LogP contribution in [0.4, 0.5) is 5.69 Å². The van der Waals surface area contributed by atoms with E-state index in [1.54, 1.807) is 13.0 Å². The summed E-state index contributed by atoms with van der Waals surface area (Å²) in [7, 11) is 1.35. The topological polar surface area (TPSA) is 86.2 Å². The Bertz CT molecular complexity index is 1260. The fraction of sp³-hybridized carbons (Fsp3) is 0.483. The van der Waals surface area contributed by atoms with Crippen molar-refractivity contribution < 1.29 is 23.8 Å². The average Bonchev–Trinajstić information content (AvgIpc) is 3.12. The molecule has 7 heteroatoms. The first-order valence-corrected chi connectivity index (χ1v) is 12.5. The molecule has 2 aromatic carbocycles.